The number of methoxy groups -OCH3 is 1. The molecule has 160 valence electrons. The predicted octanol–water partition coefficient (Wildman–Crippen LogP) is 5.52. The second kappa shape index (κ2) is 7.57. The van der Waals surface area contributed by atoms with Gasteiger partial charge in [-0.05, 0) is 80.4 Å². The number of ether oxygens (including phenoxy) is 1. The first-order chi connectivity index (χ1) is 15.4. The maximum absolute atomic E-state index is 13.1. The molecule has 0 aliphatic heterocycles. The van der Waals surface area contributed by atoms with Crippen molar-refractivity contribution in [2.45, 2.75) is 20.8 Å². The number of hydrogen-bond acceptors (Lipinski definition) is 4. The third-order valence-electron chi connectivity index (χ3n) is 5.63. The molecule has 5 aromatic rings. The molecule has 0 atom stereocenters. The average molecular weight is 425 g/mol. The van der Waals surface area contributed by atoms with E-state index in [1.807, 2.05) is 53.8 Å². The summed E-state index contributed by atoms with van der Waals surface area (Å²) in [4.78, 5) is 20.9. The number of anilines is 2. The van der Waals surface area contributed by atoms with Gasteiger partial charge in [-0.2, -0.15) is 0 Å². The molecule has 32 heavy (non-hydrogen) atoms. The van der Waals surface area contributed by atoms with Crippen LogP contribution in [0.1, 0.15) is 16.8 Å². The summed E-state index contributed by atoms with van der Waals surface area (Å²) in [6.07, 6.45) is 0. The first-order valence-electron chi connectivity index (χ1n) is 10.5. The molecule has 0 spiro atoms. The molecule has 3 heterocycles. The second-order valence-electron chi connectivity index (χ2n) is 8.14. The number of nitrogens with one attached hydrogen (secondary N) is 2. The van der Waals surface area contributed by atoms with E-state index < -0.39 is 0 Å². The number of aryl methyl sites for hydroxylation is 3. The van der Waals surface area contributed by atoms with Gasteiger partial charge in [-0.25, -0.2) is 4.98 Å². The fourth-order valence-electron chi connectivity index (χ4n) is 4.23. The molecule has 6 heteroatoms. The number of H-pyrrole nitrogens is 1. The number of nitrogens with zero attached hydrogens (tertiary/aromatic N) is 2. The maximum atomic E-state index is 13.1. The summed E-state index contributed by atoms with van der Waals surface area (Å²) in [5.41, 5.74) is 6.74. The van der Waals surface area contributed by atoms with E-state index in [0.29, 0.717) is 11.3 Å². The van der Waals surface area contributed by atoms with Crippen LogP contribution in [-0.2, 0) is 0 Å². The van der Waals surface area contributed by atoms with E-state index in [-0.39, 0.29) is 5.56 Å². The maximum Gasteiger partial charge on any atom is 0.258 e. The molecule has 0 amide bonds. The minimum atomic E-state index is -0.188. The summed E-state index contributed by atoms with van der Waals surface area (Å²) in [5, 5.41) is 4.42. The molecule has 3 aromatic heterocycles. The molecule has 0 bridgehead atoms. The molecular weight excluding hydrogens is 400 g/mol. The Hall–Kier alpha value is -4.06. The number of fused-ring (bicyclic) bond motifs is 2. The highest BCUT2D eigenvalue weighted by atomic mass is 16.5. The van der Waals surface area contributed by atoms with Crippen molar-refractivity contribution in [1.82, 2.24) is 14.4 Å². The van der Waals surface area contributed by atoms with Crippen LogP contribution in [0.25, 0.3) is 27.8 Å². The third kappa shape index (κ3) is 3.39. The zero-order valence-corrected chi connectivity index (χ0v) is 18.5. The van der Waals surface area contributed by atoms with Crippen LogP contribution >= 0.6 is 0 Å². The molecule has 0 aliphatic carbocycles. The Kier molecular flexibility index (Phi) is 4.70. The number of imidazole rings is 1. The highest BCUT2D eigenvalue weighted by Crippen LogP contribution is 2.32. The van der Waals surface area contributed by atoms with E-state index in [2.05, 4.69) is 42.3 Å². The normalized spacial score (nSPS) is 11.2. The van der Waals surface area contributed by atoms with Gasteiger partial charge in [0, 0.05) is 22.3 Å². The van der Waals surface area contributed by atoms with E-state index in [1.165, 1.54) is 0 Å². The van der Waals surface area contributed by atoms with Crippen LogP contribution < -0.4 is 15.6 Å². The molecule has 0 unspecified atom stereocenters. The first-order valence-corrected chi connectivity index (χ1v) is 10.5. The Balaban J connectivity index is 1.77. The van der Waals surface area contributed by atoms with Gasteiger partial charge in [0.2, 0.25) is 0 Å². The Morgan fingerprint density at radius 1 is 0.969 bits per heavy atom. The summed E-state index contributed by atoms with van der Waals surface area (Å²) in [5.74, 6) is 1.49. The lowest BCUT2D eigenvalue weighted by Gasteiger charge is -2.12. The van der Waals surface area contributed by atoms with Crippen LogP contribution in [-0.4, -0.2) is 21.5 Å². The van der Waals surface area contributed by atoms with Gasteiger partial charge in [0.05, 0.1) is 12.7 Å². The van der Waals surface area contributed by atoms with Gasteiger partial charge in [0.15, 0.2) is 0 Å². The Morgan fingerprint density at radius 2 is 1.75 bits per heavy atom. The summed E-state index contributed by atoms with van der Waals surface area (Å²) in [7, 11) is 1.63. The topological polar surface area (TPSA) is 71.4 Å². The Morgan fingerprint density at radius 3 is 2.50 bits per heavy atom. The van der Waals surface area contributed by atoms with E-state index in [1.54, 1.807) is 7.11 Å². The van der Waals surface area contributed by atoms with E-state index in [4.69, 9.17) is 9.72 Å². The fraction of sp³-hybridized carbons (Fsp3) is 0.154. The number of aromatic amines is 1. The molecule has 0 saturated heterocycles. The highest BCUT2D eigenvalue weighted by Gasteiger charge is 2.19. The number of benzene rings is 2. The third-order valence-corrected chi connectivity index (χ3v) is 5.63. The minimum absolute atomic E-state index is 0.188. The van der Waals surface area contributed by atoms with Crippen LogP contribution in [0, 0.1) is 20.8 Å². The Bertz CT molecular complexity index is 1530. The van der Waals surface area contributed by atoms with Gasteiger partial charge < -0.3 is 15.0 Å². The van der Waals surface area contributed by atoms with Crippen molar-refractivity contribution in [3.05, 3.63) is 87.8 Å². The van der Waals surface area contributed by atoms with Crippen molar-refractivity contribution in [2.24, 2.45) is 0 Å². The van der Waals surface area contributed by atoms with Gasteiger partial charge in [-0.1, -0.05) is 12.1 Å². The zero-order valence-electron chi connectivity index (χ0n) is 18.5. The smallest absolute Gasteiger partial charge is 0.258 e. The summed E-state index contributed by atoms with van der Waals surface area (Å²) in [6, 6.07) is 19.7. The SMILES string of the molecule is COc1ccc2[nH]c(=O)c(-c3nc4cccc(C)n4c3Nc3cc(C)cc(C)c3)cc2c1. The molecule has 0 aliphatic rings. The molecule has 0 radical (unpaired) electrons. The van der Waals surface area contributed by atoms with Crippen LogP contribution in [0.5, 0.6) is 5.75 Å². The van der Waals surface area contributed by atoms with E-state index in [0.717, 1.165) is 50.6 Å². The number of aromatic nitrogens is 3. The fourth-order valence-corrected chi connectivity index (χ4v) is 4.23. The minimum Gasteiger partial charge on any atom is -0.497 e. The standard InChI is InChI=1S/C26H24N4O2/c1-15-10-16(2)12-19(11-15)27-25-24(29-23-7-5-6-17(3)30(23)25)21-14-18-13-20(32-4)8-9-22(18)28-26(21)31/h5-14,27H,1-4H3,(H,28,31). The van der Waals surface area contributed by atoms with E-state index >= 15 is 0 Å². The monoisotopic (exact) mass is 424 g/mol. The van der Waals surface area contributed by atoms with Gasteiger partial charge in [-0.15, -0.1) is 0 Å². The molecule has 0 fully saturated rings. The van der Waals surface area contributed by atoms with E-state index in [9.17, 15) is 4.79 Å². The molecule has 0 saturated carbocycles. The first kappa shape index (κ1) is 19.9. The molecular formula is C26H24N4O2. The number of pyridine rings is 2. The summed E-state index contributed by atoms with van der Waals surface area (Å²) < 4.78 is 7.41. The van der Waals surface area contributed by atoms with Crippen molar-refractivity contribution < 1.29 is 4.74 Å². The van der Waals surface area contributed by atoms with Gasteiger partial charge in [-0.3, -0.25) is 9.20 Å². The predicted molar refractivity (Wildman–Crippen MR) is 129 cm³/mol. The van der Waals surface area contributed by atoms with Crippen molar-refractivity contribution >= 4 is 28.1 Å². The molecule has 6 nitrogen and oxygen atoms in total. The van der Waals surface area contributed by atoms with Crippen molar-refractivity contribution in [3.63, 3.8) is 0 Å². The number of rotatable bonds is 4. The van der Waals surface area contributed by atoms with Gasteiger partial charge in [0.1, 0.15) is 22.9 Å². The van der Waals surface area contributed by atoms with Crippen molar-refractivity contribution in [1.29, 1.82) is 0 Å². The quantitative estimate of drug-likeness (QED) is 0.398. The molecule has 5 rings (SSSR count). The van der Waals surface area contributed by atoms with Crippen LogP contribution in [0.2, 0.25) is 0 Å². The highest BCUT2D eigenvalue weighted by molar-refractivity contribution is 5.88. The summed E-state index contributed by atoms with van der Waals surface area (Å²) >= 11 is 0. The lowest BCUT2D eigenvalue weighted by atomic mass is 10.1. The van der Waals surface area contributed by atoms with Crippen LogP contribution in [0.15, 0.2) is 65.5 Å². The largest absolute Gasteiger partial charge is 0.497 e. The van der Waals surface area contributed by atoms with Gasteiger partial charge >= 0.3 is 0 Å². The lowest BCUT2D eigenvalue weighted by molar-refractivity contribution is 0.415. The average Bonchev–Trinajstić information content (AvgIpc) is 3.11. The molecule has 2 aromatic carbocycles. The Labute approximate surface area is 185 Å². The summed E-state index contributed by atoms with van der Waals surface area (Å²) in [6.45, 7) is 6.17. The van der Waals surface area contributed by atoms with Gasteiger partial charge in [0.25, 0.3) is 5.56 Å². The van der Waals surface area contributed by atoms with Crippen LogP contribution in [0.3, 0.4) is 0 Å². The van der Waals surface area contributed by atoms with Crippen LogP contribution in [0.4, 0.5) is 11.5 Å². The lowest BCUT2D eigenvalue weighted by Crippen LogP contribution is -2.10. The van der Waals surface area contributed by atoms with Crippen molar-refractivity contribution in [2.75, 3.05) is 12.4 Å². The second-order valence-corrected chi connectivity index (χ2v) is 8.14. The van der Waals surface area contributed by atoms with Crippen molar-refractivity contribution in [3.8, 4) is 17.0 Å². The zero-order chi connectivity index (χ0) is 22.4. The molecule has 2 N–H and O–H groups in total. The number of hydrogen-bond donors (Lipinski definition) is 2.